The van der Waals surface area contributed by atoms with Crippen LogP contribution in [0.4, 0.5) is 0 Å². The van der Waals surface area contributed by atoms with Gasteiger partial charge < -0.3 is 5.11 Å². The van der Waals surface area contributed by atoms with Crippen LogP contribution in [0.2, 0.25) is 0 Å². The summed E-state index contributed by atoms with van der Waals surface area (Å²) in [7, 11) is 0. The molecule has 0 aromatic heterocycles. The van der Waals surface area contributed by atoms with Crippen molar-refractivity contribution in [1.82, 2.24) is 0 Å². The number of hydrogen-bond acceptors (Lipinski definition) is 2. The predicted molar refractivity (Wildman–Crippen MR) is 94.5 cm³/mol. The van der Waals surface area contributed by atoms with Crippen LogP contribution in [0, 0.1) is 11.8 Å². The maximum absolute atomic E-state index is 11.8. The Morgan fingerprint density at radius 3 is 2.48 bits per heavy atom. The first-order chi connectivity index (χ1) is 11.1. The van der Waals surface area contributed by atoms with Gasteiger partial charge in [-0.2, -0.15) is 0 Å². The fraction of sp³-hybridized carbons (Fsp3) is 0.800. The standard InChI is InChI=1S/C20H34O3/c1-2-3-6-13-19(21)16-15-18-12-9-11-17(18)10-7-4-5-8-14-20(22)23/h15-18H,2-14H2,1H3,(H,22,23)/t17-,18+/m0/s1. The number of carboxylic acids is 1. The van der Waals surface area contributed by atoms with Gasteiger partial charge in [0.05, 0.1) is 0 Å². The topological polar surface area (TPSA) is 54.4 Å². The van der Waals surface area contributed by atoms with Crippen LogP contribution in [0.15, 0.2) is 12.2 Å². The number of carbonyl (C=O) groups is 2. The molecule has 0 bridgehead atoms. The maximum atomic E-state index is 11.8. The fourth-order valence-electron chi connectivity index (χ4n) is 3.58. The number of carbonyl (C=O) groups excluding carboxylic acids is 1. The SMILES string of the molecule is CCCCCC(=O)C=C[C@H]1CCC[C@@H]1CCCCCCC(=O)O. The van der Waals surface area contributed by atoms with Crippen molar-refractivity contribution in [1.29, 1.82) is 0 Å². The van der Waals surface area contributed by atoms with Crippen molar-refractivity contribution >= 4 is 11.8 Å². The Morgan fingerprint density at radius 2 is 1.74 bits per heavy atom. The zero-order chi connectivity index (χ0) is 16.9. The number of aliphatic carboxylic acids is 1. The van der Waals surface area contributed by atoms with Crippen LogP contribution in [-0.4, -0.2) is 16.9 Å². The molecule has 3 heteroatoms. The van der Waals surface area contributed by atoms with Gasteiger partial charge in [0.1, 0.15) is 0 Å². The highest BCUT2D eigenvalue weighted by Gasteiger charge is 2.24. The van der Waals surface area contributed by atoms with Gasteiger partial charge in [-0.25, -0.2) is 0 Å². The number of carboxylic acid groups (broad SMARTS) is 1. The van der Waals surface area contributed by atoms with Crippen LogP contribution < -0.4 is 0 Å². The Labute approximate surface area is 141 Å². The van der Waals surface area contributed by atoms with Gasteiger partial charge in [-0.15, -0.1) is 0 Å². The third-order valence-electron chi connectivity index (χ3n) is 4.99. The first kappa shape index (κ1) is 19.9. The normalized spacial score (nSPS) is 21.1. The number of rotatable bonds is 13. The number of allylic oxidation sites excluding steroid dienone is 2. The number of hydrogen-bond donors (Lipinski definition) is 1. The molecule has 132 valence electrons. The van der Waals surface area contributed by atoms with E-state index >= 15 is 0 Å². The summed E-state index contributed by atoms with van der Waals surface area (Å²) in [5, 5.41) is 8.61. The van der Waals surface area contributed by atoms with Crippen molar-refractivity contribution in [3.63, 3.8) is 0 Å². The van der Waals surface area contributed by atoms with Gasteiger partial charge >= 0.3 is 5.97 Å². The average molecular weight is 322 g/mol. The minimum absolute atomic E-state index is 0.290. The van der Waals surface area contributed by atoms with Crippen LogP contribution in [0.3, 0.4) is 0 Å². The Balaban J connectivity index is 2.17. The highest BCUT2D eigenvalue weighted by molar-refractivity contribution is 5.89. The molecule has 1 rings (SSSR count). The third-order valence-corrected chi connectivity index (χ3v) is 4.99. The zero-order valence-electron chi connectivity index (χ0n) is 14.8. The highest BCUT2D eigenvalue weighted by atomic mass is 16.4. The molecule has 1 aliphatic carbocycles. The van der Waals surface area contributed by atoms with E-state index < -0.39 is 5.97 Å². The molecule has 0 aromatic rings. The minimum atomic E-state index is -0.686. The molecule has 23 heavy (non-hydrogen) atoms. The third kappa shape index (κ3) is 9.58. The van der Waals surface area contributed by atoms with Gasteiger partial charge in [0, 0.05) is 12.8 Å². The summed E-state index contributed by atoms with van der Waals surface area (Å²) < 4.78 is 0. The van der Waals surface area contributed by atoms with E-state index in [0.717, 1.165) is 44.4 Å². The van der Waals surface area contributed by atoms with Crippen LogP contribution in [0.1, 0.15) is 90.4 Å². The molecular formula is C20H34O3. The average Bonchev–Trinajstić information content (AvgIpc) is 2.96. The molecular weight excluding hydrogens is 288 g/mol. The molecule has 1 aliphatic rings. The summed E-state index contributed by atoms with van der Waals surface area (Å²) >= 11 is 0. The van der Waals surface area contributed by atoms with Gasteiger partial charge in [-0.1, -0.05) is 51.5 Å². The molecule has 0 radical (unpaired) electrons. The summed E-state index contributed by atoms with van der Waals surface area (Å²) in [4.78, 5) is 22.3. The Morgan fingerprint density at radius 1 is 1.00 bits per heavy atom. The maximum Gasteiger partial charge on any atom is 0.303 e. The lowest BCUT2D eigenvalue weighted by Gasteiger charge is -2.16. The molecule has 1 fully saturated rings. The second-order valence-corrected chi connectivity index (χ2v) is 6.98. The largest absolute Gasteiger partial charge is 0.481 e. The van der Waals surface area contributed by atoms with E-state index in [1.54, 1.807) is 0 Å². The summed E-state index contributed by atoms with van der Waals surface area (Å²) in [5.74, 6) is 0.922. The van der Waals surface area contributed by atoms with Crippen molar-refractivity contribution in [3.05, 3.63) is 12.2 Å². The van der Waals surface area contributed by atoms with Crippen molar-refractivity contribution < 1.29 is 14.7 Å². The lowest BCUT2D eigenvalue weighted by atomic mass is 9.90. The molecule has 0 spiro atoms. The van der Waals surface area contributed by atoms with E-state index in [-0.39, 0.29) is 5.78 Å². The van der Waals surface area contributed by atoms with Crippen LogP contribution >= 0.6 is 0 Å². The zero-order valence-corrected chi connectivity index (χ0v) is 14.8. The predicted octanol–water partition coefficient (Wildman–Crippen LogP) is 5.53. The van der Waals surface area contributed by atoms with Crippen molar-refractivity contribution in [2.45, 2.75) is 90.4 Å². The first-order valence-corrected chi connectivity index (χ1v) is 9.56. The molecule has 0 aliphatic heterocycles. The lowest BCUT2D eigenvalue weighted by molar-refractivity contribution is -0.137. The van der Waals surface area contributed by atoms with E-state index in [4.69, 9.17) is 5.11 Å². The van der Waals surface area contributed by atoms with Gasteiger partial charge in [0.2, 0.25) is 0 Å². The highest BCUT2D eigenvalue weighted by Crippen LogP contribution is 2.36. The van der Waals surface area contributed by atoms with E-state index in [1.807, 2.05) is 6.08 Å². The smallest absolute Gasteiger partial charge is 0.303 e. The van der Waals surface area contributed by atoms with Gasteiger partial charge in [0.15, 0.2) is 5.78 Å². The van der Waals surface area contributed by atoms with Crippen LogP contribution in [-0.2, 0) is 9.59 Å². The Hall–Kier alpha value is -1.12. The van der Waals surface area contributed by atoms with Gasteiger partial charge in [-0.3, -0.25) is 9.59 Å². The molecule has 0 saturated heterocycles. The second kappa shape index (κ2) is 12.3. The van der Waals surface area contributed by atoms with E-state index in [0.29, 0.717) is 18.8 Å². The van der Waals surface area contributed by atoms with Crippen LogP contribution in [0.5, 0.6) is 0 Å². The summed E-state index contributed by atoms with van der Waals surface area (Å²) in [6.45, 7) is 2.16. The van der Waals surface area contributed by atoms with E-state index in [1.165, 1.54) is 32.1 Å². The Bertz CT molecular complexity index is 373. The van der Waals surface area contributed by atoms with Crippen LogP contribution in [0.25, 0.3) is 0 Å². The lowest BCUT2D eigenvalue weighted by Crippen LogP contribution is -2.06. The molecule has 2 atom stereocenters. The molecule has 0 amide bonds. The molecule has 3 nitrogen and oxygen atoms in total. The molecule has 0 heterocycles. The molecule has 1 saturated carbocycles. The molecule has 0 aromatic carbocycles. The van der Waals surface area contributed by atoms with Crippen molar-refractivity contribution in [2.75, 3.05) is 0 Å². The molecule has 1 N–H and O–H groups in total. The summed E-state index contributed by atoms with van der Waals surface area (Å²) in [6, 6.07) is 0. The van der Waals surface area contributed by atoms with E-state index in [2.05, 4.69) is 13.0 Å². The first-order valence-electron chi connectivity index (χ1n) is 9.56. The monoisotopic (exact) mass is 322 g/mol. The second-order valence-electron chi connectivity index (χ2n) is 6.98. The summed E-state index contributed by atoms with van der Waals surface area (Å²) in [5.41, 5.74) is 0. The number of unbranched alkanes of at least 4 members (excludes halogenated alkanes) is 5. The Kier molecular flexibility index (Phi) is 10.7. The van der Waals surface area contributed by atoms with Gasteiger partial charge in [-0.05, 0) is 50.0 Å². The van der Waals surface area contributed by atoms with Gasteiger partial charge in [0.25, 0.3) is 0 Å². The minimum Gasteiger partial charge on any atom is -0.481 e. The summed E-state index contributed by atoms with van der Waals surface area (Å²) in [6.07, 6.45) is 17.5. The number of ketones is 1. The quantitative estimate of drug-likeness (QED) is 0.358. The molecule has 0 unspecified atom stereocenters. The van der Waals surface area contributed by atoms with E-state index in [9.17, 15) is 9.59 Å². The van der Waals surface area contributed by atoms with Crippen molar-refractivity contribution in [2.24, 2.45) is 11.8 Å². The van der Waals surface area contributed by atoms with Crippen molar-refractivity contribution in [3.8, 4) is 0 Å². The fourth-order valence-corrected chi connectivity index (χ4v) is 3.58.